The molecule has 0 atom stereocenters. The van der Waals surface area contributed by atoms with Crippen molar-refractivity contribution in [1.82, 2.24) is 14.9 Å². The highest BCUT2D eigenvalue weighted by atomic mass is 15.4. The van der Waals surface area contributed by atoms with Crippen LogP contribution in [0.2, 0.25) is 0 Å². The maximum absolute atomic E-state index is 6.63. The predicted molar refractivity (Wildman–Crippen MR) is 133 cm³/mol. The second kappa shape index (κ2) is 10.0. The molecular formula is C24H34N8. The maximum atomic E-state index is 6.63. The van der Waals surface area contributed by atoms with E-state index < -0.39 is 0 Å². The van der Waals surface area contributed by atoms with Crippen molar-refractivity contribution < 1.29 is 0 Å². The van der Waals surface area contributed by atoms with Crippen molar-refractivity contribution in [3.63, 3.8) is 0 Å². The minimum absolute atomic E-state index is 0.323. The molecule has 4 rings (SSSR count). The van der Waals surface area contributed by atoms with Crippen LogP contribution in [0.1, 0.15) is 30.4 Å². The Morgan fingerprint density at radius 2 is 2.00 bits per heavy atom. The van der Waals surface area contributed by atoms with E-state index in [0.717, 1.165) is 68.2 Å². The average Bonchev–Trinajstić information content (AvgIpc) is 3.28. The Morgan fingerprint density at radius 3 is 2.72 bits per heavy atom. The number of benzene rings is 1. The lowest BCUT2D eigenvalue weighted by Gasteiger charge is -2.34. The summed E-state index contributed by atoms with van der Waals surface area (Å²) in [5.74, 6) is 7.31. The number of hydrazine groups is 1. The number of H-pyrrole nitrogens is 1. The predicted octanol–water partition coefficient (Wildman–Crippen LogP) is 2.93. The van der Waals surface area contributed by atoms with Crippen molar-refractivity contribution in [1.29, 1.82) is 0 Å². The highest BCUT2D eigenvalue weighted by Gasteiger charge is 2.27. The molecule has 0 bridgehead atoms. The number of hydrogen-bond acceptors (Lipinski definition) is 7. The Bertz CT molecular complexity index is 980. The zero-order valence-corrected chi connectivity index (χ0v) is 19.0. The number of aliphatic imine (C=N–C) groups is 2. The number of allylic oxidation sites excluding steroid dienone is 1. The summed E-state index contributed by atoms with van der Waals surface area (Å²) in [5.41, 5.74) is 11.9. The second-order valence-electron chi connectivity index (χ2n) is 8.56. The van der Waals surface area contributed by atoms with Crippen LogP contribution in [0.5, 0.6) is 0 Å². The molecule has 2 aromatic rings. The van der Waals surface area contributed by atoms with Crippen LogP contribution in [0.3, 0.4) is 0 Å². The van der Waals surface area contributed by atoms with Gasteiger partial charge in [-0.25, -0.2) is 10.8 Å². The van der Waals surface area contributed by atoms with Crippen LogP contribution in [0.25, 0.3) is 5.70 Å². The Labute approximate surface area is 190 Å². The fraction of sp³-hybridized carbons (Fsp3) is 0.417. The number of anilines is 1. The number of likely N-dealkylation sites (tertiary alicyclic amines) is 1. The van der Waals surface area contributed by atoms with E-state index in [4.69, 9.17) is 11.6 Å². The zero-order chi connectivity index (χ0) is 22.5. The molecule has 1 aromatic heterocycles. The highest BCUT2D eigenvalue weighted by Crippen LogP contribution is 2.35. The molecule has 0 spiro atoms. The molecule has 3 heterocycles. The van der Waals surface area contributed by atoms with Crippen LogP contribution in [0, 0.1) is 5.92 Å². The number of hydrogen-bond donors (Lipinski definition) is 3. The standard InChI is InChI=1S/C24H34N8/c1-27-11-3-13-30(2)20-6-4-18(5-7-20)16-31-14-9-19(10-15-31)22(25)23-21-8-12-28-24(21)29-17-32(23)26/h4-8,11-12,17,19,28H,3,9-10,13-16,25-26H2,1-2H3/b23-22-,27-11?. The quantitative estimate of drug-likeness (QED) is 0.459. The van der Waals surface area contributed by atoms with Gasteiger partial charge in [0.05, 0.1) is 5.70 Å². The molecule has 170 valence electrons. The van der Waals surface area contributed by atoms with E-state index >= 15 is 0 Å². The highest BCUT2D eigenvalue weighted by molar-refractivity contribution is 5.86. The van der Waals surface area contributed by atoms with Crippen molar-refractivity contribution >= 4 is 29.8 Å². The summed E-state index contributed by atoms with van der Waals surface area (Å²) < 4.78 is 0. The lowest BCUT2D eigenvalue weighted by Crippen LogP contribution is -2.38. The first-order valence-electron chi connectivity index (χ1n) is 11.3. The Balaban J connectivity index is 1.33. The van der Waals surface area contributed by atoms with Gasteiger partial charge in [0.25, 0.3) is 0 Å². The minimum Gasteiger partial charge on any atom is -0.400 e. The van der Waals surface area contributed by atoms with Crippen LogP contribution in [-0.2, 0) is 6.54 Å². The fourth-order valence-electron chi connectivity index (χ4n) is 4.50. The monoisotopic (exact) mass is 434 g/mol. The van der Waals surface area contributed by atoms with E-state index in [0.29, 0.717) is 5.92 Å². The SMILES string of the molecule is CN=CCCN(C)c1ccc(CN2CCC(/C(N)=C3\c4cc[nH]c4N=CN3N)CC2)cc1. The van der Waals surface area contributed by atoms with Gasteiger partial charge in [-0.15, -0.1) is 0 Å². The number of aromatic nitrogens is 1. The molecule has 0 unspecified atom stereocenters. The molecule has 0 saturated carbocycles. The molecule has 8 nitrogen and oxygen atoms in total. The number of piperidine rings is 1. The summed E-state index contributed by atoms with van der Waals surface area (Å²) in [7, 11) is 3.94. The summed E-state index contributed by atoms with van der Waals surface area (Å²) >= 11 is 0. The molecule has 32 heavy (non-hydrogen) atoms. The Hall–Kier alpha value is -3.10. The van der Waals surface area contributed by atoms with E-state index in [1.54, 1.807) is 11.3 Å². The normalized spacial score (nSPS) is 18.9. The molecule has 2 aliphatic rings. The Kier molecular flexibility index (Phi) is 6.92. The molecule has 5 N–H and O–H groups in total. The molecule has 1 fully saturated rings. The van der Waals surface area contributed by atoms with E-state index in [-0.39, 0.29) is 0 Å². The fourth-order valence-corrected chi connectivity index (χ4v) is 4.50. The van der Waals surface area contributed by atoms with Gasteiger partial charge in [0.15, 0.2) is 0 Å². The topological polar surface area (TPSA) is 102 Å². The zero-order valence-electron chi connectivity index (χ0n) is 19.0. The van der Waals surface area contributed by atoms with E-state index in [2.05, 4.69) is 56.1 Å². The van der Waals surface area contributed by atoms with Gasteiger partial charge in [0.2, 0.25) is 0 Å². The first kappa shape index (κ1) is 22.1. The number of nitrogens with zero attached hydrogens (tertiary/aromatic N) is 5. The molecular weight excluding hydrogens is 400 g/mol. The van der Waals surface area contributed by atoms with Gasteiger partial charge in [-0.1, -0.05) is 12.1 Å². The minimum atomic E-state index is 0.323. The maximum Gasteiger partial charge on any atom is 0.141 e. The third kappa shape index (κ3) is 4.87. The van der Waals surface area contributed by atoms with Gasteiger partial charge in [0, 0.05) is 62.5 Å². The summed E-state index contributed by atoms with van der Waals surface area (Å²) in [4.78, 5) is 16.3. The summed E-state index contributed by atoms with van der Waals surface area (Å²) in [6.45, 7) is 3.98. The first-order valence-corrected chi connectivity index (χ1v) is 11.3. The van der Waals surface area contributed by atoms with Crippen molar-refractivity contribution in [3.8, 4) is 0 Å². The first-order chi connectivity index (χ1) is 15.6. The van der Waals surface area contributed by atoms with Crippen molar-refractivity contribution in [2.45, 2.75) is 25.8 Å². The van der Waals surface area contributed by atoms with E-state index in [9.17, 15) is 0 Å². The van der Waals surface area contributed by atoms with Crippen molar-refractivity contribution in [2.24, 2.45) is 27.5 Å². The van der Waals surface area contributed by atoms with Gasteiger partial charge >= 0.3 is 0 Å². The molecule has 0 radical (unpaired) electrons. The number of fused-ring (bicyclic) bond motifs is 1. The number of aromatic amines is 1. The van der Waals surface area contributed by atoms with Crippen molar-refractivity contribution in [2.75, 3.05) is 38.6 Å². The number of rotatable bonds is 7. The third-order valence-electron chi connectivity index (χ3n) is 6.41. The second-order valence-corrected chi connectivity index (χ2v) is 8.56. The van der Waals surface area contributed by atoms with Crippen LogP contribution in [0.4, 0.5) is 11.5 Å². The van der Waals surface area contributed by atoms with E-state index in [1.165, 1.54) is 11.3 Å². The third-order valence-corrected chi connectivity index (χ3v) is 6.41. The lowest BCUT2D eigenvalue weighted by atomic mass is 9.91. The molecule has 8 heteroatoms. The number of nitrogens with one attached hydrogen (secondary N) is 1. The van der Waals surface area contributed by atoms with Gasteiger partial charge in [0.1, 0.15) is 12.2 Å². The molecule has 1 saturated heterocycles. The molecule has 1 aromatic carbocycles. The summed E-state index contributed by atoms with van der Waals surface area (Å²) in [5, 5.41) is 1.55. The van der Waals surface area contributed by atoms with Crippen LogP contribution in [0.15, 0.2) is 52.2 Å². The smallest absolute Gasteiger partial charge is 0.141 e. The molecule has 0 amide bonds. The van der Waals surface area contributed by atoms with Crippen LogP contribution < -0.4 is 16.5 Å². The van der Waals surface area contributed by atoms with Gasteiger partial charge in [-0.05, 0) is 56.1 Å². The molecule has 0 aliphatic carbocycles. The summed E-state index contributed by atoms with van der Waals surface area (Å²) in [6.07, 6.45) is 8.47. The van der Waals surface area contributed by atoms with Crippen LogP contribution >= 0.6 is 0 Å². The molecule has 2 aliphatic heterocycles. The number of nitrogens with two attached hydrogens (primary N) is 2. The lowest BCUT2D eigenvalue weighted by molar-refractivity contribution is 0.190. The van der Waals surface area contributed by atoms with E-state index in [1.807, 2.05) is 25.5 Å². The largest absolute Gasteiger partial charge is 0.400 e. The van der Waals surface area contributed by atoms with Gasteiger partial charge in [-0.3, -0.25) is 9.91 Å². The van der Waals surface area contributed by atoms with Crippen molar-refractivity contribution in [3.05, 3.63) is 53.4 Å². The van der Waals surface area contributed by atoms with Gasteiger partial charge in [-0.2, -0.15) is 0 Å². The summed E-state index contributed by atoms with van der Waals surface area (Å²) in [6, 6.07) is 10.9. The van der Waals surface area contributed by atoms with Gasteiger partial charge < -0.3 is 20.6 Å². The Morgan fingerprint density at radius 1 is 1.25 bits per heavy atom. The average molecular weight is 435 g/mol. The van der Waals surface area contributed by atoms with Crippen LogP contribution in [-0.4, -0.2) is 61.2 Å².